The first-order chi connectivity index (χ1) is 15.5. The van der Waals surface area contributed by atoms with Gasteiger partial charge in [0.05, 0.1) is 12.1 Å². The van der Waals surface area contributed by atoms with Crippen LogP contribution in [0.1, 0.15) is 19.3 Å². The van der Waals surface area contributed by atoms with Crippen molar-refractivity contribution in [3.63, 3.8) is 0 Å². The molecule has 1 saturated carbocycles. The fraction of sp³-hybridized carbons (Fsp3) is 0.522. The molecule has 4 fully saturated rings. The van der Waals surface area contributed by atoms with Gasteiger partial charge in [-0.2, -0.15) is 0 Å². The molecule has 9 heteroatoms. The molecule has 9 nitrogen and oxygen atoms in total. The topological polar surface area (TPSA) is 101 Å². The third-order valence-electron chi connectivity index (χ3n) is 7.14. The van der Waals surface area contributed by atoms with Gasteiger partial charge in [0.25, 0.3) is 0 Å². The van der Waals surface area contributed by atoms with Gasteiger partial charge in [0.15, 0.2) is 0 Å². The molecule has 6 rings (SSSR count). The van der Waals surface area contributed by atoms with E-state index in [0.29, 0.717) is 24.4 Å². The standard InChI is InChI=1S/C23H25N3O6/c27-20-11-30-18-5-6-25(10-17(18)24-20)22(29)26-12-23(13-26)8-16(9-23)31-15-3-1-14-2-4-21(28)32-19(14)7-15/h1-4,7,16-18H,5-6,8-13H2,(H,24,27)/t17-,18+/m1/s1. The molecule has 0 unspecified atom stereocenters. The molecule has 3 aliphatic heterocycles. The van der Waals surface area contributed by atoms with Crippen LogP contribution in [0.3, 0.4) is 0 Å². The molecule has 0 bridgehead atoms. The van der Waals surface area contributed by atoms with Crippen molar-refractivity contribution in [2.24, 2.45) is 5.41 Å². The van der Waals surface area contributed by atoms with Crippen LogP contribution in [-0.4, -0.2) is 72.8 Å². The highest BCUT2D eigenvalue weighted by Crippen LogP contribution is 2.50. The lowest BCUT2D eigenvalue weighted by Crippen LogP contribution is -2.69. The lowest BCUT2D eigenvalue weighted by atomic mass is 9.62. The first kappa shape index (κ1) is 19.6. The van der Waals surface area contributed by atoms with E-state index in [1.165, 1.54) is 6.07 Å². The molecule has 1 aliphatic carbocycles. The Morgan fingerprint density at radius 3 is 2.78 bits per heavy atom. The second kappa shape index (κ2) is 7.23. The number of benzene rings is 1. The van der Waals surface area contributed by atoms with Crippen molar-refractivity contribution in [1.82, 2.24) is 15.1 Å². The van der Waals surface area contributed by atoms with Gasteiger partial charge in [0.1, 0.15) is 24.0 Å². The van der Waals surface area contributed by atoms with Crippen LogP contribution in [0.25, 0.3) is 11.0 Å². The van der Waals surface area contributed by atoms with Crippen molar-refractivity contribution < 1.29 is 23.5 Å². The molecule has 2 aromatic rings. The normalized spacial score (nSPS) is 26.8. The largest absolute Gasteiger partial charge is 0.490 e. The summed E-state index contributed by atoms with van der Waals surface area (Å²) in [4.78, 5) is 39.7. The average molecular weight is 439 g/mol. The van der Waals surface area contributed by atoms with Crippen molar-refractivity contribution in [3.05, 3.63) is 40.8 Å². The van der Waals surface area contributed by atoms with E-state index >= 15 is 0 Å². The Hall–Kier alpha value is -3.07. The Balaban J connectivity index is 1.01. The number of nitrogens with one attached hydrogen (secondary N) is 1. The first-order valence-corrected chi connectivity index (χ1v) is 11.1. The number of likely N-dealkylation sites (tertiary alicyclic amines) is 2. The van der Waals surface area contributed by atoms with Crippen molar-refractivity contribution in [1.29, 1.82) is 0 Å². The number of hydrogen-bond acceptors (Lipinski definition) is 6. The number of morpholine rings is 1. The van der Waals surface area contributed by atoms with E-state index in [9.17, 15) is 14.4 Å². The number of carbonyl (C=O) groups excluding carboxylic acids is 2. The van der Waals surface area contributed by atoms with Crippen LogP contribution < -0.4 is 15.7 Å². The number of fused-ring (bicyclic) bond motifs is 2. The first-order valence-electron chi connectivity index (χ1n) is 11.1. The van der Waals surface area contributed by atoms with Crippen molar-refractivity contribution >= 4 is 22.9 Å². The Kier molecular flexibility index (Phi) is 4.43. The van der Waals surface area contributed by atoms with E-state index < -0.39 is 0 Å². The van der Waals surface area contributed by atoms with Crippen LogP contribution in [0, 0.1) is 5.41 Å². The van der Waals surface area contributed by atoms with Crippen LogP contribution in [-0.2, 0) is 9.53 Å². The maximum Gasteiger partial charge on any atom is 0.336 e. The summed E-state index contributed by atoms with van der Waals surface area (Å²) in [7, 11) is 0. The summed E-state index contributed by atoms with van der Waals surface area (Å²) in [6.45, 7) is 2.75. The molecule has 3 amide bonds. The molecule has 1 N–H and O–H groups in total. The van der Waals surface area contributed by atoms with Gasteiger partial charge in [-0.25, -0.2) is 9.59 Å². The summed E-state index contributed by atoms with van der Waals surface area (Å²) >= 11 is 0. The maximum absolute atomic E-state index is 12.9. The lowest BCUT2D eigenvalue weighted by Gasteiger charge is -2.59. The molecule has 1 aromatic heterocycles. The predicted molar refractivity (Wildman–Crippen MR) is 113 cm³/mol. The minimum Gasteiger partial charge on any atom is -0.490 e. The minimum atomic E-state index is -0.376. The van der Waals surface area contributed by atoms with Gasteiger partial charge in [-0.1, -0.05) is 0 Å². The Morgan fingerprint density at radius 1 is 1.12 bits per heavy atom. The highest BCUT2D eigenvalue weighted by molar-refractivity contribution is 5.79. The number of piperidine rings is 1. The van der Waals surface area contributed by atoms with Gasteiger partial charge in [0, 0.05) is 49.1 Å². The van der Waals surface area contributed by atoms with Gasteiger partial charge in [-0.15, -0.1) is 0 Å². The second-order valence-corrected chi connectivity index (χ2v) is 9.50. The molecular formula is C23H25N3O6. The van der Waals surface area contributed by atoms with Crippen molar-refractivity contribution in [2.45, 2.75) is 37.5 Å². The number of hydrogen-bond donors (Lipinski definition) is 1. The minimum absolute atomic E-state index is 0.00663. The van der Waals surface area contributed by atoms with Crippen LogP contribution in [0.5, 0.6) is 5.75 Å². The zero-order chi connectivity index (χ0) is 21.9. The summed E-state index contributed by atoms with van der Waals surface area (Å²) in [5, 5.41) is 3.80. The van der Waals surface area contributed by atoms with E-state index in [1.807, 2.05) is 21.9 Å². The Bertz CT molecular complexity index is 1130. The third kappa shape index (κ3) is 3.40. The highest BCUT2D eigenvalue weighted by Gasteiger charge is 2.55. The molecule has 32 heavy (non-hydrogen) atoms. The summed E-state index contributed by atoms with van der Waals surface area (Å²) in [6.07, 6.45) is 2.67. The van der Waals surface area contributed by atoms with Crippen LogP contribution in [0.2, 0.25) is 0 Å². The average Bonchev–Trinajstić information content (AvgIpc) is 2.73. The smallest absolute Gasteiger partial charge is 0.336 e. The van der Waals surface area contributed by atoms with Gasteiger partial charge in [0.2, 0.25) is 5.91 Å². The number of carbonyl (C=O) groups is 2. The van der Waals surface area contributed by atoms with Gasteiger partial charge < -0.3 is 29.0 Å². The molecule has 4 aliphatic rings. The third-order valence-corrected chi connectivity index (χ3v) is 7.14. The van der Waals surface area contributed by atoms with Gasteiger partial charge in [-0.05, 0) is 37.5 Å². The number of ether oxygens (including phenoxy) is 2. The fourth-order valence-corrected chi connectivity index (χ4v) is 5.53. The van der Waals surface area contributed by atoms with Crippen LogP contribution >= 0.6 is 0 Å². The molecule has 2 atom stereocenters. The molecule has 4 heterocycles. The van der Waals surface area contributed by atoms with Gasteiger partial charge >= 0.3 is 11.7 Å². The summed E-state index contributed by atoms with van der Waals surface area (Å²) < 4.78 is 16.9. The fourth-order valence-electron chi connectivity index (χ4n) is 5.53. The van der Waals surface area contributed by atoms with E-state index in [-0.39, 0.29) is 47.8 Å². The van der Waals surface area contributed by atoms with E-state index in [4.69, 9.17) is 13.9 Å². The molecule has 1 spiro atoms. The monoisotopic (exact) mass is 439 g/mol. The van der Waals surface area contributed by atoms with Crippen molar-refractivity contribution in [3.8, 4) is 5.75 Å². The highest BCUT2D eigenvalue weighted by atomic mass is 16.5. The summed E-state index contributed by atoms with van der Waals surface area (Å²) in [5.74, 6) is 0.580. The van der Waals surface area contributed by atoms with Crippen LogP contribution in [0.4, 0.5) is 4.79 Å². The maximum atomic E-state index is 12.9. The number of nitrogens with zero attached hydrogens (tertiary/aromatic N) is 2. The van der Waals surface area contributed by atoms with Crippen molar-refractivity contribution in [2.75, 3.05) is 32.8 Å². The van der Waals surface area contributed by atoms with E-state index in [2.05, 4.69) is 5.32 Å². The second-order valence-electron chi connectivity index (χ2n) is 9.50. The number of rotatable bonds is 2. The van der Waals surface area contributed by atoms with Crippen LogP contribution in [0.15, 0.2) is 39.5 Å². The molecule has 1 aromatic carbocycles. The number of urea groups is 1. The SMILES string of the molecule is O=C1CO[C@H]2CCN(C(=O)N3CC4(CC(Oc5ccc6ccc(=O)oc6c5)C4)C3)C[C@H]2N1. The quantitative estimate of drug-likeness (QED) is 0.709. The van der Waals surface area contributed by atoms with Gasteiger partial charge in [-0.3, -0.25) is 4.79 Å². The summed E-state index contributed by atoms with van der Waals surface area (Å²) in [6, 6.07) is 8.61. The predicted octanol–water partition coefficient (Wildman–Crippen LogP) is 1.35. The molecule has 3 saturated heterocycles. The molecule has 168 valence electrons. The Labute approximate surface area is 184 Å². The Morgan fingerprint density at radius 2 is 1.94 bits per heavy atom. The lowest BCUT2D eigenvalue weighted by molar-refractivity contribution is -0.140. The van der Waals surface area contributed by atoms with E-state index in [0.717, 1.165) is 37.7 Å². The zero-order valence-corrected chi connectivity index (χ0v) is 17.6. The zero-order valence-electron chi connectivity index (χ0n) is 17.6. The summed E-state index contributed by atoms with van der Waals surface area (Å²) in [5.41, 5.74) is 0.288. The van der Waals surface area contributed by atoms with E-state index in [1.54, 1.807) is 12.1 Å². The molecular weight excluding hydrogens is 414 g/mol. The number of amides is 3. The molecule has 0 radical (unpaired) electrons.